The van der Waals surface area contributed by atoms with E-state index in [0.29, 0.717) is 0 Å². The lowest BCUT2D eigenvalue weighted by Gasteiger charge is -2.37. The van der Waals surface area contributed by atoms with Crippen LogP contribution < -0.4 is 38.3 Å². The van der Waals surface area contributed by atoms with Crippen LogP contribution in [0.15, 0.2) is 54.9 Å². The summed E-state index contributed by atoms with van der Waals surface area (Å²) in [4.78, 5) is 9.03. The molecule has 0 saturated carbocycles. The highest BCUT2D eigenvalue weighted by atomic mass is 127. The highest BCUT2D eigenvalue weighted by molar-refractivity contribution is 5.80. The Kier molecular flexibility index (Phi) is 5.42. The van der Waals surface area contributed by atoms with E-state index in [1.165, 1.54) is 28.0 Å². The Labute approximate surface area is 166 Å². The predicted octanol–water partition coefficient (Wildman–Crippen LogP) is -0.302. The summed E-state index contributed by atoms with van der Waals surface area (Å²) in [5, 5.41) is 1.29. The number of hydrogen-bond donors (Lipinski definition) is 0. The van der Waals surface area contributed by atoms with Gasteiger partial charge in [0.15, 0.2) is 5.69 Å². The minimum absolute atomic E-state index is 0. The molecule has 25 heavy (non-hydrogen) atoms. The smallest absolute Gasteiger partial charge is 0.214 e. The van der Waals surface area contributed by atoms with E-state index in [4.69, 9.17) is 0 Å². The van der Waals surface area contributed by atoms with Gasteiger partial charge in [-0.2, -0.15) is 4.57 Å². The minimum atomic E-state index is 0. The van der Waals surface area contributed by atoms with E-state index >= 15 is 0 Å². The second-order valence-corrected chi connectivity index (χ2v) is 6.46. The molecule has 0 bridgehead atoms. The molecule has 1 aromatic carbocycles. The van der Waals surface area contributed by atoms with Crippen molar-refractivity contribution in [2.45, 2.75) is 6.92 Å². The lowest BCUT2D eigenvalue weighted by atomic mass is 10.1. The minimum Gasteiger partial charge on any atom is -1.00 e. The Morgan fingerprint density at radius 3 is 2.12 bits per heavy atom. The zero-order valence-corrected chi connectivity index (χ0v) is 16.8. The first-order valence-electron chi connectivity index (χ1n) is 8.52. The van der Waals surface area contributed by atoms with Crippen LogP contribution in [0.25, 0.3) is 10.9 Å². The number of nitrogens with zero attached hydrogens (tertiary/aromatic N) is 4. The maximum Gasteiger partial charge on any atom is 0.214 e. The van der Waals surface area contributed by atoms with Crippen LogP contribution in [0.5, 0.6) is 0 Å². The molecule has 0 spiro atoms. The number of aryl methyl sites for hydroxylation is 2. The first-order valence-corrected chi connectivity index (χ1v) is 8.52. The molecule has 0 unspecified atom stereocenters. The van der Waals surface area contributed by atoms with Crippen molar-refractivity contribution in [3.05, 3.63) is 60.6 Å². The number of halogens is 1. The third-order valence-corrected chi connectivity index (χ3v) is 5.08. The monoisotopic (exact) mass is 446 g/mol. The van der Waals surface area contributed by atoms with Gasteiger partial charge in [0.05, 0.1) is 0 Å². The van der Waals surface area contributed by atoms with Gasteiger partial charge in [-0.25, -0.2) is 0 Å². The Morgan fingerprint density at radius 1 is 0.840 bits per heavy atom. The molecule has 5 heteroatoms. The first-order chi connectivity index (χ1) is 11.7. The van der Waals surface area contributed by atoms with Crippen LogP contribution in [0, 0.1) is 6.92 Å². The molecular weight excluding hydrogens is 423 g/mol. The fraction of sp³-hybridized carbons (Fsp3) is 0.300. The van der Waals surface area contributed by atoms with E-state index < -0.39 is 0 Å². The fourth-order valence-corrected chi connectivity index (χ4v) is 3.45. The highest BCUT2D eigenvalue weighted by Crippen LogP contribution is 2.23. The van der Waals surface area contributed by atoms with Crippen LogP contribution in [0.3, 0.4) is 0 Å². The van der Waals surface area contributed by atoms with Gasteiger partial charge < -0.3 is 33.8 Å². The van der Waals surface area contributed by atoms with E-state index in [1.807, 2.05) is 12.4 Å². The SMILES string of the molecule is Cc1ccc2ccc(N3CCN(c4ccncc4)CC3)cc2[n+]1C.[I-]. The average molecular weight is 446 g/mol. The van der Waals surface area contributed by atoms with Crippen molar-refractivity contribution in [2.75, 3.05) is 36.0 Å². The van der Waals surface area contributed by atoms with Gasteiger partial charge in [0, 0.05) is 74.4 Å². The van der Waals surface area contributed by atoms with E-state index in [-0.39, 0.29) is 24.0 Å². The number of hydrogen-bond acceptors (Lipinski definition) is 3. The Morgan fingerprint density at radius 2 is 1.44 bits per heavy atom. The lowest BCUT2D eigenvalue weighted by molar-refractivity contribution is -0.651. The number of piperazine rings is 1. The summed E-state index contributed by atoms with van der Waals surface area (Å²) in [6, 6.07) is 15.4. The van der Waals surface area contributed by atoms with Gasteiger partial charge in [0.1, 0.15) is 7.05 Å². The summed E-state index contributed by atoms with van der Waals surface area (Å²) in [5.74, 6) is 0. The standard InChI is InChI=1S/C20H23N4.HI/c1-16-3-4-17-5-6-19(15-20(17)22(16)2)24-13-11-23(12-14-24)18-7-9-21-10-8-18;/h3-10,15H,11-14H2,1-2H3;1H/q+1;/p-1. The quantitative estimate of drug-likeness (QED) is 0.399. The van der Waals surface area contributed by atoms with Crippen molar-refractivity contribution < 1.29 is 28.5 Å². The van der Waals surface area contributed by atoms with E-state index in [9.17, 15) is 0 Å². The van der Waals surface area contributed by atoms with E-state index in [0.717, 1.165) is 26.2 Å². The van der Waals surface area contributed by atoms with E-state index in [1.54, 1.807) is 0 Å². The molecule has 0 N–H and O–H groups in total. The van der Waals surface area contributed by atoms with Gasteiger partial charge in [0.25, 0.3) is 0 Å². The number of rotatable bonds is 2. The molecule has 2 aromatic heterocycles. The summed E-state index contributed by atoms with van der Waals surface area (Å²) >= 11 is 0. The third-order valence-electron chi connectivity index (χ3n) is 5.08. The highest BCUT2D eigenvalue weighted by Gasteiger charge is 2.19. The Hall–Kier alpha value is -1.89. The summed E-state index contributed by atoms with van der Waals surface area (Å²) in [5.41, 5.74) is 5.16. The number of benzene rings is 1. The largest absolute Gasteiger partial charge is 1.00 e. The summed E-state index contributed by atoms with van der Waals surface area (Å²) in [6.07, 6.45) is 3.74. The van der Waals surface area contributed by atoms with Crippen molar-refractivity contribution in [1.82, 2.24) is 4.98 Å². The van der Waals surface area contributed by atoms with Crippen molar-refractivity contribution in [2.24, 2.45) is 7.05 Å². The summed E-state index contributed by atoms with van der Waals surface area (Å²) < 4.78 is 2.27. The molecule has 1 saturated heterocycles. The first kappa shape index (κ1) is 17.9. The number of aromatic nitrogens is 2. The van der Waals surface area contributed by atoms with Crippen LogP contribution in [0.1, 0.15) is 5.69 Å². The molecule has 0 amide bonds. The van der Waals surface area contributed by atoms with Gasteiger partial charge in [-0.15, -0.1) is 0 Å². The third kappa shape index (κ3) is 3.56. The number of pyridine rings is 2. The molecule has 3 aromatic rings. The fourth-order valence-electron chi connectivity index (χ4n) is 3.45. The Bertz CT molecular complexity index is 858. The molecule has 0 aliphatic carbocycles. The predicted molar refractivity (Wildman–Crippen MR) is 98.5 cm³/mol. The van der Waals surface area contributed by atoms with Gasteiger partial charge in [-0.05, 0) is 30.3 Å². The van der Waals surface area contributed by atoms with Crippen molar-refractivity contribution in [3.63, 3.8) is 0 Å². The van der Waals surface area contributed by atoms with Gasteiger partial charge in [-0.3, -0.25) is 4.98 Å². The molecule has 130 valence electrons. The zero-order valence-electron chi connectivity index (χ0n) is 14.7. The van der Waals surface area contributed by atoms with Gasteiger partial charge in [0.2, 0.25) is 5.52 Å². The molecule has 4 rings (SSSR count). The summed E-state index contributed by atoms with van der Waals surface area (Å²) in [6.45, 7) is 6.33. The van der Waals surface area contributed by atoms with Gasteiger partial charge in [-0.1, -0.05) is 0 Å². The molecule has 0 radical (unpaired) electrons. The second kappa shape index (κ2) is 7.56. The summed E-state index contributed by atoms with van der Waals surface area (Å²) in [7, 11) is 2.14. The van der Waals surface area contributed by atoms with Crippen LogP contribution in [-0.4, -0.2) is 31.2 Å². The number of anilines is 2. The van der Waals surface area contributed by atoms with Crippen LogP contribution in [0.4, 0.5) is 11.4 Å². The molecule has 1 aliphatic rings. The second-order valence-electron chi connectivity index (χ2n) is 6.46. The van der Waals surface area contributed by atoms with Crippen molar-refractivity contribution >= 4 is 22.3 Å². The van der Waals surface area contributed by atoms with Crippen molar-refractivity contribution in [3.8, 4) is 0 Å². The molecule has 1 aliphatic heterocycles. The lowest BCUT2D eigenvalue weighted by Crippen LogP contribution is -3.00. The maximum absolute atomic E-state index is 4.11. The molecule has 1 fully saturated rings. The number of fused-ring (bicyclic) bond motifs is 1. The molecule has 0 atom stereocenters. The van der Waals surface area contributed by atoms with E-state index in [2.05, 4.69) is 75.8 Å². The zero-order chi connectivity index (χ0) is 16.5. The average Bonchev–Trinajstić information content (AvgIpc) is 2.65. The molecule has 4 nitrogen and oxygen atoms in total. The maximum atomic E-state index is 4.11. The van der Waals surface area contributed by atoms with Gasteiger partial charge >= 0.3 is 0 Å². The molecular formula is C20H23IN4. The molecule has 3 heterocycles. The van der Waals surface area contributed by atoms with Crippen molar-refractivity contribution in [1.29, 1.82) is 0 Å². The topological polar surface area (TPSA) is 23.2 Å². The van der Waals surface area contributed by atoms with Crippen LogP contribution in [0.2, 0.25) is 0 Å². The Balaban J connectivity index is 0.00000182. The van der Waals surface area contributed by atoms with Crippen LogP contribution in [-0.2, 0) is 7.05 Å². The van der Waals surface area contributed by atoms with Crippen LogP contribution >= 0.6 is 0 Å². The normalized spacial score (nSPS) is 14.5.